The van der Waals surface area contributed by atoms with Gasteiger partial charge in [0.1, 0.15) is 6.10 Å². The molecular formula is C8H10O6. The lowest BCUT2D eigenvalue weighted by Crippen LogP contribution is -2.38. The minimum absolute atomic E-state index is 0.212. The molecule has 4 atom stereocenters. The van der Waals surface area contributed by atoms with E-state index in [9.17, 15) is 14.7 Å². The van der Waals surface area contributed by atoms with E-state index in [0.717, 1.165) is 0 Å². The number of aliphatic hydroxyl groups excluding tert-OH is 1. The minimum Gasteiger partial charge on any atom is -0.450 e. The molecule has 78 valence electrons. The Kier molecular flexibility index (Phi) is 2.26. The summed E-state index contributed by atoms with van der Waals surface area (Å²) in [6.07, 6.45) is -3.32. The van der Waals surface area contributed by atoms with Crippen LogP contribution in [0.2, 0.25) is 0 Å². The summed E-state index contributed by atoms with van der Waals surface area (Å²) in [5.74, 6) is -1.93. The van der Waals surface area contributed by atoms with Crippen LogP contribution in [0.1, 0.15) is 6.92 Å². The molecule has 0 amide bonds. The van der Waals surface area contributed by atoms with Crippen LogP contribution < -0.4 is 0 Å². The first-order valence-electron chi connectivity index (χ1n) is 4.29. The monoisotopic (exact) mass is 202 g/mol. The van der Waals surface area contributed by atoms with Crippen molar-refractivity contribution in [2.45, 2.75) is 31.5 Å². The zero-order valence-corrected chi connectivity index (χ0v) is 7.50. The largest absolute Gasteiger partial charge is 0.450 e. The maximum Gasteiger partial charge on any atom is 0.378 e. The molecule has 2 rings (SSSR count). The van der Waals surface area contributed by atoms with E-state index in [0.29, 0.717) is 0 Å². The minimum atomic E-state index is -1.43. The van der Waals surface area contributed by atoms with Crippen molar-refractivity contribution in [2.75, 3.05) is 6.61 Å². The van der Waals surface area contributed by atoms with Crippen LogP contribution in [0.25, 0.3) is 0 Å². The highest BCUT2D eigenvalue weighted by Gasteiger charge is 2.48. The molecule has 0 aromatic carbocycles. The van der Waals surface area contributed by atoms with Crippen molar-refractivity contribution in [1.82, 2.24) is 0 Å². The van der Waals surface area contributed by atoms with Gasteiger partial charge in [-0.2, -0.15) is 0 Å². The molecule has 1 N–H and O–H groups in total. The molecule has 0 aromatic rings. The number of Topliss-reactive ketones (excluding diaryl/α,β-unsaturated/α-hetero) is 1. The average molecular weight is 202 g/mol. The highest BCUT2D eigenvalue weighted by Crippen LogP contribution is 2.23. The summed E-state index contributed by atoms with van der Waals surface area (Å²) in [4.78, 5) is 21.7. The third-order valence-electron chi connectivity index (χ3n) is 2.25. The lowest BCUT2D eigenvalue weighted by molar-refractivity contribution is -0.152. The number of esters is 1. The van der Waals surface area contributed by atoms with E-state index < -0.39 is 36.4 Å². The Morgan fingerprint density at radius 2 is 2.14 bits per heavy atom. The Bertz CT molecular complexity index is 275. The summed E-state index contributed by atoms with van der Waals surface area (Å²) in [6.45, 7) is 1.90. The fourth-order valence-electron chi connectivity index (χ4n) is 1.52. The van der Waals surface area contributed by atoms with Crippen LogP contribution in [-0.2, 0) is 23.8 Å². The van der Waals surface area contributed by atoms with Crippen LogP contribution in [0.5, 0.6) is 0 Å². The predicted octanol–water partition coefficient (Wildman–Crippen LogP) is -1.40. The van der Waals surface area contributed by atoms with Gasteiger partial charge >= 0.3 is 5.97 Å². The van der Waals surface area contributed by atoms with Crippen molar-refractivity contribution in [1.29, 1.82) is 0 Å². The lowest BCUT2D eigenvalue weighted by Gasteiger charge is -2.17. The molecule has 2 saturated heterocycles. The van der Waals surface area contributed by atoms with Gasteiger partial charge in [0.25, 0.3) is 5.78 Å². The number of aliphatic hydroxyl groups is 1. The highest BCUT2D eigenvalue weighted by molar-refractivity contribution is 6.37. The van der Waals surface area contributed by atoms with Gasteiger partial charge in [0.2, 0.25) is 0 Å². The molecule has 2 aliphatic rings. The first kappa shape index (κ1) is 9.57. The zero-order valence-electron chi connectivity index (χ0n) is 7.50. The number of carbonyl (C=O) groups is 2. The van der Waals surface area contributed by atoms with Gasteiger partial charge in [-0.15, -0.1) is 0 Å². The van der Waals surface area contributed by atoms with E-state index >= 15 is 0 Å². The fraction of sp³-hybridized carbons (Fsp3) is 0.750. The van der Waals surface area contributed by atoms with Gasteiger partial charge < -0.3 is 19.3 Å². The molecule has 2 aliphatic heterocycles. The normalized spacial score (nSPS) is 43.0. The first-order valence-corrected chi connectivity index (χ1v) is 4.29. The fourth-order valence-corrected chi connectivity index (χ4v) is 1.52. The van der Waals surface area contributed by atoms with Crippen LogP contribution in [0, 0.1) is 0 Å². The van der Waals surface area contributed by atoms with Crippen LogP contribution in [-0.4, -0.2) is 48.1 Å². The molecule has 2 unspecified atom stereocenters. The van der Waals surface area contributed by atoms with Gasteiger partial charge in [-0.1, -0.05) is 0 Å². The first-order chi connectivity index (χ1) is 6.59. The molecule has 0 spiro atoms. The molecule has 0 bridgehead atoms. The summed E-state index contributed by atoms with van der Waals surface area (Å²) in [5.41, 5.74) is 0. The summed E-state index contributed by atoms with van der Waals surface area (Å²) in [7, 11) is 0. The summed E-state index contributed by atoms with van der Waals surface area (Å²) >= 11 is 0. The van der Waals surface area contributed by atoms with Crippen molar-refractivity contribution >= 4 is 11.8 Å². The van der Waals surface area contributed by atoms with Crippen molar-refractivity contribution in [3.05, 3.63) is 0 Å². The molecule has 0 radical (unpaired) electrons. The summed E-state index contributed by atoms with van der Waals surface area (Å²) in [6, 6.07) is 0. The van der Waals surface area contributed by atoms with Crippen LogP contribution in [0.15, 0.2) is 0 Å². The smallest absolute Gasteiger partial charge is 0.378 e. The van der Waals surface area contributed by atoms with E-state index in [2.05, 4.69) is 4.74 Å². The van der Waals surface area contributed by atoms with Crippen molar-refractivity contribution < 1.29 is 28.9 Å². The molecule has 14 heavy (non-hydrogen) atoms. The van der Waals surface area contributed by atoms with Gasteiger partial charge in [-0.05, 0) is 6.92 Å². The van der Waals surface area contributed by atoms with Crippen LogP contribution >= 0.6 is 0 Å². The third-order valence-corrected chi connectivity index (χ3v) is 2.25. The number of cyclic esters (lactones) is 1. The number of hydrogen-bond donors (Lipinski definition) is 1. The second-order valence-corrected chi connectivity index (χ2v) is 3.25. The Labute approximate surface area is 79.7 Å². The maximum atomic E-state index is 10.9. The second-order valence-electron chi connectivity index (χ2n) is 3.25. The molecule has 2 heterocycles. The Morgan fingerprint density at radius 1 is 1.43 bits per heavy atom. The number of ketones is 1. The molecular weight excluding hydrogens is 192 g/mol. The van der Waals surface area contributed by atoms with Crippen molar-refractivity contribution in [3.8, 4) is 0 Å². The Morgan fingerprint density at radius 3 is 2.57 bits per heavy atom. The van der Waals surface area contributed by atoms with Crippen LogP contribution in [0.3, 0.4) is 0 Å². The molecule has 6 nitrogen and oxygen atoms in total. The van der Waals surface area contributed by atoms with E-state index in [1.54, 1.807) is 6.92 Å². The van der Waals surface area contributed by atoms with Gasteiger partial charge in [0.05, 0.1) is 6.61 Å². The maximum absolute atomic E-state index is 10.9. The zero-order chi connectivity index (χ0) is 10.3. The summed E-state index contributed by atoms with van der Waals surface area (Å²) < 4.78 is 14.9. The Hall–Kier alpha value is -0.980. The van der Waals surface area contributed by atoms with E-state index in [1.165, 1.54) is 0 Å². The van der Waals surface area contributed by atoms with Gasteiger partial charge in [-0.3, -0.25) is 4.79 Å². The SMILES string of the molecule is CC1OC[C@@H]([C@H]2OC(=O)C(=O)C2O)O1. The molecule has 0 aliphatic carbocycles. The van der Waals surface area contributed by atoms with Gasteiger partial charge in [0.15, 0.2) is 18.5 Å². The van der Waals surface area contributed by atoms with E-state index in [-0.39, 0.29) is 6.61 Å². The number of rotatable bonds is 1. The lowest BCUT2D eigenvalue weighted by atomic mass is 10.1. The third kappa shape index (κ3) is 1.41. The van der Waals surface area contributed by atoms with Crippen molar-refractivity contribution in [2.24, 2.45) is 0 Å². The van der Waals surface area contributed by atoms with Crippen molar-refractivity contribution in [3.63, 3.8) is 0 Å². The molecule has 6 heteroatoms. The second kappa shape index (κ2) is 3.30. The highest BCUT2D eigenvalue weighted by atomic mass is 16.7. The summed E-state index contributed by atoms with van der Waals surface area (Å²) in [5, 5.41) is 9.34. The predicted molar refractivity (Wildman–Crippen MR) is 41.2 cm³/mol. The standard InChI is InChI=1S/C8H10O6/c1-3-12-2-4(13-3)7-5(9)6(10)8(11)14-7/h3-5,7,9H,2H2,1H3/t3?,4-,5?,7+/m0/s1. The van der Waals surface area contributed by atoms with Gasteiger partial charge in [-0.25, -0.2) is 4.79 Å². The molecule has 0 saturated carbocycles. The molecule has 2 fully saturated rings. The van der Waals surface area contributed by atoms with Gasteiger partial charge in [0, 0.05) is 0 Å². The Balaban J connectivity index is 2.06. The molecule has 0 aromatic heterocycles. The number of ether oxygens (including phenoxy) is 3. The number of hydrogen-bond acceptors (Lipinski definition) is 6. The van der Waals surface area contributed by atoms with E-state index in [4.69, 9.17) is 9.47 Å². The quantitative estimate of drug-likeness (QED) is 0.416. The topological polar surface area (TPSA) is 82.1 Å². The number of carbonyl (C=O) groups excluding carboxylic acids is 2. The van der Waals surface area contributed by atoms with E-state index in [1.807, 2.05) is 0 Å². The average Bonchev–Trinajstić information content (AvgIpc) is 2.66. The van der Waals surface area contributed by atoms with Crippen LogP contribution in [0.4, 0.5) is 0 Å².